The lowest BCUT2D eigenvalue weighted by Gasteiger charge is -2.21. The van der Waals surface area contributed by atoms with Gasteiger partial charge in [0.15, 0.2) is 0 Å². The van der Waals surface area contributed by atoms with Crippen LogP contribution in [-0.2, 0) is 9.47 Å². The first-order valence-corrected chi connectivity index (χ1v) is 10.3. The Balaban J connectivity index is 1.82. The summed E-state index contributed by atoms with van der Waals surface area (Å²) in [6, 6.07) is 11.5. The molecule has 0 aromatic heterocycles. The molecule has 32 heavy (non-hydrogen) atoms. The Labute approximate surface area is 187 Å². The minimum atomic E-state index is -0.854. The molecule has 0 aliphatic carbocycles. The lowest BCUT2D eigenvalue weighted by Crippen LogP contribution is -2.39. The lowest BCUT2D eigenvalue weighted by molar-refractivity contribution is -0.0144. The number of aliphatic hydroxyl groups is 1. The summed E-state index contributed by atoms with van der Waals surface area (Å²) >= 11 is 0. The van der Waals surface area contributed by atoms with Crippen LogP contribution in [0.4, 0.5) is 20.6 Å². The zero-order valence-electron chi connectivity index (χ0n) is 18.5. The topological polar surface area (TPSA) is 100 Å². The molecule has 0 heterocycles. The van der Waals surface area contributed by atoms with Gasteiger partial charge in [-0.1, -0.05) is 12.1 Å². The molecule has 1 unspecified atom stereocenters. The molecule has 1 atom stereocenters. The van der Waals surface area contributed by atoms with Gasteiger partial charge >= 0.3 is 6.03 Å². The van der Waals surface area contributed by atoms with Gasteiger partial charge in [-0.3, -0.25) is 4.79 Å². The highest BCUT2D eigenvalue weighted by molar-refractivity contribution is 6.05. The molecule has 9 heteroatoms. The van der Waals surface area contributed by atoms with Crippen molar-refractivity contribution in [3.8, 4) is 0 Å². The lowest BCUT2D eigenvalue weighted by atomic mass is 10.2. The van der Waals surface area contributed by atoms with Crippen LogP contribution in [0.15, 0.2) is 48.5 Å². The first kappa shape index (κ1) is 25.3. The molecule has 0 aliphatic rings. The van der Waals surface area contributed by atoms with Crippen LogP contribution < -0.4 is 10.6 Å². The van der Waals surface area contributed by atoms with Crippen LogP contribution in [0.25, 0.3) is 0 Å². The fourth-order valence-corrected chi connectivity index (χ4v) is 2.74. The number of nitrogens with zero attached hydrogens (tertiary/aromatic N) is 1. The largest absolute Gasteiger partial charge is 0.389 e. The summed E-state index contributed by atoms with van der Waals surface area (Å²) in [5.41, 5.74) is 1.04. The van der Waals surface area contributed by atoms with Gasteiger partial charge < -0.3 is 30.1 Å². The summed E-state index contributed by atoms with van der Waals surface area (Å²) in [5, 5.41) is 15.3. The molecule has 0 spiro atoms. The highest BCUT2D eigenvalue weighted by Crippen LogP contribution is 2.15. The fourth-order valence-electron chi connectivity index (χ4n) is 2.74. The third-order valence-corrected chi connectivity index (χ3v) is 4.28. The Hall–Kier alpha value is -3.01. The number of benzene rings is 2. The van der Waals surface area contributed by atoms with Crippen molar-refractivity contribution in [3.05, 3.63) is 59.9 Å². The number of ether oxygens (including phenoxy) is 2. The Morgan fingerprint density at radius 2 is 1.75 bits per heavy atom. The van der Waals surface area contributed by atoms with E-state index in [1.165, 1.54) is 29.2 Å². The first-order chi connectivity index (χ1) is 15.2. The minimum absolute atomic E-state index is 0.0661. The summed E-state index contributed by atoms with van der Waals surface area (Å²) in [7, 11) is 1.54. The SMILES string of the molecule is CC(C)OCCOCC(O)CN(C)C(=O)Nc1cccc(C(=O)Nc2cccc(F)c2)c1. The summed E-state index contributed by atoms with van der Waals surface area (Å²) in [6.45, 7) is 4.79. The minimum Gasteiger partial charge on any atom is -0.389 e. The van der Waals surface area contributed by atoms with E-state index >= 15 is 0 Å². The van der Waals surface area contributed by atoms with Crippen molar-refractivity contribution in [2.24, 2.45) is 0 Å². The number of aliphatic hydroxyl groups excluding tert-OH is 1. The zero-order chi connectivity index (χ0) is 23.5. The van der Waals surface area contributed by atoms with Gasteiger partial charge in [-0.05, 0) is 50.2 Å². The predicted molar refractivity (Wildman–Crippen MR) is 120 cm³/mol. The molecular formula is C23H30FN3O5. The summed E-state index contributed by atoms with van der Waals surface area (Å²) in [6.07, 6.45) is -0.738. The second-order valence-corrected chi connectivity index (χ2v) is 7.50. The second kappa shape index (κ2) is 12.7. The van der Waals surface area contributed by atoms with E-state index in [1.807, 2.05) is 13.8 Å². The van der Waals surface area contributed by atoms with Crippen LogP contribution in [0, 0.1) is 5.82 Å². The third kappa shape index (κ3) is 9.01. The Morgan fingerprint density at radius 1 is 1.06 bits per heavy atom. The number of hydrogen-bond donors (Lipinski definition) is 3. The van der Waals surface area contributed by atoms with E-state index in [-0.39, 0.29) is 19.3 Å². The number of carbonyl (C=O) groups is 2. The molecule has 2 aromatic carbocycles. The average molecular weight is 448 g/mol. The molecular weight excluding hydrogens is 417 g/mol. The van der Waals surface area contributed by atoms with Crippen LogP contribution in [-0.4, -0.2) is 67.6 Å². The summed E-state index contributed by atoms with van der Waals surface area (Å²) in [5.74, 6) is -0.891. The van der Waals surface area contributed by atoms with Gasteiger partial charge in [0.25, 0.3) is 5.91 Å². The van der Waals surface area contributed by atoms with Crippen molar-refractivity contribution >= 4 is 23.3 Å². The predicted octanol–water partition coefficient (Wildman–Crippen LogP) is 3.34. The number of urea groups is 1. The maximum Gasteiger partial charge on any atom is 0.321 e. The Kier molecular flexibility index (Phi) is 10.1. The van der Waals surface area contributed by atoms with Gasteiger partial charge in [0, 0.05) is 24.0 Å². The molecule has 0 radical (unpaired) electrons. The number of amides is 3. The summed E-state index contributed by atoms with van der Waals surface area (Å²) in [4.78, 5) is 26.1. The second-order valence-electron chi connectivity index (χ2n) is 7.50. The molecule has 2 rings (SSSR count). The molecule has 0 aliphatic heterocycles. The van der Waals surface area contributed by atoms with E-state index < -0.39 is 23.9 Å². The van der Waals surface area contributed by atoms with E-state index in [9.17, 15) is 19.1 Å². The Bertz CT molecular complexity index is 893. The number of rotatable bonds is 11. The molecule has 2 aromatic rings. The van der Waals surface area contributed by atoms with Crippen molar-refractivity contribution < 1.29 is 28.6 Å². The van der Waals surface area contributed by atoms with Crippen molar-refractivity contribution in [1.82, 2.24) is 4.90 Å². The van der Waals surface area contributed by atoms with Crippen LogP contribution in [0.3, 0.4) is 0 Å². The summed E-state index contributed by atoms with van der Waals surface area (Å²) < 4.78 is 24.0. The molecule has 0 fully saturated rings. The number of halogens is 1. The molecule has 8 nitrogen and oxygen atoms in total. The molecule has 3 N–H and O–H groups in total. The van der Waals surface area contributed by atoms with Crippen molar-refractivity contribution in [2.75, 3.05) is 44.0 Å². The van der Waals surface area contributed by atoms with Gasteiger partial charge in [0.2, 0.25) is 0 Å². The fraction of sp³-hybridized carbons (Fsp3) is 0.391. The maximum absolute atomic E-state index is 13.3. The van der Waals surface area contributed by atoms with Crippen molar-refractivity contribution in [2.45, 2.75) is 26.1 Å². The van der Waals surface area contributed by atoms with Crippen LogP contribution in [0.1, 0.15) is 24.2 Å². The highest BCUT2D eigenvalue weighted by Gasteiger charge is 2.15. The van der Waals surface area contributed by atoms with E-state index in [1.54, 1.807) is 31.3 Å². The number of anilines is 2. The van der Waals surface area contributed by atoms with Crippen molar-refractivity contribution in [1.29, 1.82) is 0 Å². The zero-order valence-corrected chi connectivity index (χ0v) is 18.5. The van der Waals surface area contributed by atoms with Crippen LogP contribution >= 0.6 is 0 Å². The van der Waals surface area contributed by atoms with Gasteiger partial charge in [-0.15, -0.1) is 0 Å². The van der Waals surface area contributed by atoms with Crippen molar-refractivity contribution in [3.63, 3.8) is 0 Å². The molecule has 3 amide bonds. The normalized spacial score (nSPS) is 11.8. The van der Waals surface area contributed by atoms with E-state index in [0.717, 1.165) is 0 Å². The number of hydrogen-bond acceptors (Lipinski definition) is 5. The monoisotopic (exact) mass is 447 g/mol. The average Bonchev–Trinajstić information content (AvgIpc) is 2.73. The van der Waals surface area contributed by atoms with Crippen LogP contribution in [0.2, 0.25) is 0 Å². The number of likely N-dealkylation sites (N-methyl/N-ethyl adjacent to an activating group) is 1. The first-order valence-electron chi connectivity index (χ1n) is 10.3. The molecule has 0 saturated heterocycles. The van der Waals surface area contributed by atoms with Gasteiger partial charge in [-0.25, -0.2) is 9.18 Å². The number of carbonyl (C=O) groups excluding carboxylic acids is 2. The molecule has 0 bridgehead atoms. The van der Waals surface area contributed by atoms with E-state index in [4.69, 9.17) is 9.47 Å². The highest BCUT2D eigenvalue weighted by atomic mass is 19.1. The maximum atomic E-state index is 13.3. The third-order valence-electron chi connectivity index (χ3n) is 4.28. The molecule has 174 valence electrons. The quantitative estimate of drug-likeness (QED) is 0.459. The van der Waals surface area contributed by atoms with Gasteiger partial charge in [0.05, 0.1) is 38.6 Å². The van der Waals surface area contributed by atoms with E-state index in [2.05, 4.69) is 10.6 Å². The molecule has 0 saturated carbocycles. The van der Waals surface area contributed by atoms with Crippen LogP contribution in [0.5, 0.6) is 0 Å². The van der Waals surface area contributed by atoms with Gasteiger partial charge in [0.1, 0.15) is 5.82 Å². The smallest absolute Gasteiger partial charge is 0.321 e. The standard InChI is InChI=1S/C23H30FN3O5/c1-16(2)32-11-10-31-15-21(28)14-27(3)23(30)26-19-8-4-6-17(12-19)22(29)25-20-9-5-7-18(24)13-20/h4-9,12-13,16,21,28H,10-11,14-15H2,1-3H3,(H,25,29)(H,26,30). The van der Waals surface area contributed by atoms with E-state index in [0.29, 0.717) is 30.2 Å². The Morgan fingerprint density at radius 3 is 2.44 bits per heavy atom. The van der Waals surface area contributed by atoms with Gasteiger partial charge in [-0.2, -0.15) is 0 Å². The number of nitrogens with one attached hydrogen (secondary N) is 2.